The number of carbonyl (C=O) groups excluding carboxylic acids is 2. The average molecular weight is 356 g/mol. The summed E-state index contributed by atoms with van der Waals surface area (Å²) in [6, 6.07) is 9.45. The Balaban J connectivity index is 1.81. The lowest BCUT2D eigenvalue weighted by molar-refractivity contribution is -0.119. The molecule has 8 nitrogen and oxygen atoms in total. The summed E-state index contributed by atoms with van der Waals surface area (Å²) in [7, 11) is 0. The lowest BCUT2D eigenvalue weighted by Crippen LogP contribution is -2.40. The SMILES string of the molecule is C[C@H](c1ccccc1)N(CC(N)=O)C(=O)c1cn(C2CCNCC2)nn1. The molecule has 26 heavy (non-hydrogen) atoms. The van der Waals surface area contributed by atoms with Crippen molar-refractivity contribution in [2.24, 2.45) is 5.73 Å². The highest BCUT2D eigenvalue weighted by Gasteiger charge is 2.27. The van der Waals surface area contributed by atoms with Crippen molar-refractivity contribution in [3.8, 4) is 0 Å². The molecule has 0 spiro atoms. The second-order valence-corrected chi connectivity index (χ2v) is 6.55. The van der Waals surface area contributed by atoms with Crippen LogP contribution < -0.4 is 11.1 Å². The number of piperidine rings is 1. The highest BCUT2D eigenvalue weighted by Crippen LogP contribution is 2.22. The molecule has 0 radical (unpaired) electrons. The fourth-order valence-electron chi connectivity index (χ4n) is 3.24. The van der Waals surface area contributed by atoms with Crippen LogP contribution in [0.1, 0.15) is 47.9 Å². The molecule has 3 rings (SSSR count). The molecule has 1 aliphatic heterocycles. The van der Waals surface area contributed by atoms with Gasteiger partial charge in [0.15, 0.2) is 5.69 Å². The molecule has 2 amide bonds. The van der Waals surface area contributed by atoms with Gasteiger partial charge >= 0.3 is 0 Å². The number of aromatic nitrogens is 3. The third-order valence-corrected chi connectivity index (χ3v) is 4.75. The van der Waals surface area contributed by atoms with Crippen molar-refractivity contribution < 1.29 is 9.59 Å². The first-order valence-corrected chi connectivity index (χ1v) is 8.83. The number of amides is 2. The lowest BCUT2D eigenvalue weighted by atomic mass is 10.1. The van der Waals surface area contributed by atoms with E-state index in [0.29, 0.717) is 0 Å². The number of carbonyl (C=O) groups is 2. The van der Waals surface area contributed by atoms with Crippen molar-refractivity contribution >= 4 is 11.8 Å². The Morgan fingerprint density at radius 2 is 2.00 bits per heavy atom. The number of nitrogens with two attached hydrogens (primary N) is 1. The monoisotopic (exact) mass is 356 g/mol. The Hall–Kier alpha value is -2.74. The summed E-state index contributed by atoms with van der Waals surface area (Å²) in [5.41, 5.74) is 6.52. The van der Waals surface area contributed by atoms with Crippen molar-refractivity contribution in [3.63, 3.8) is 0 Å². The summed E-state index contributed by atoms with van der Waals surface area (Å²) in [5.74, 6) is -0.910. The first-order valence-electron chi connectivity index (χ1n) is 8.83. The third-order valence-electron chi connectivity index (χ3n) is 4.75. The van der Waals surface area contributed by atoms with Crippen LogP contribution in [-0.2, 0) is 4.79 Å². The zero-order valence-electron chi connectivity index (χ0n) is 14.8. The van der Waals surface area contributed by atoms with E-state index in [1.54, 1.807) is 10.9 Å². The summed E-state index contributed by atoms with van der Waals surface area (Å²) < 4.78 is 1.75. The molecule has 0 aliphatic carbocycles. The molecule has 0 bridgehead atoms. The normalized spacial score (nSPS) is 16.2. The topological polar surface area (TPSA) is 106 Å². The molecule has 0 unspecified atom stereocenters. The maximum atomic E-state index is 13.0. The number of benzene rings is 1. The van der Waals surface area contributed by atoms with Crippen molar-refractivity contribution in [1.82, 2.24) is 25.2 Å². The zero-order chi connectivity index (χ0) is 18.5. The average Bonchev–Trinajstić information content (AvgIpc) is 3.16. The van der Waals surface area contributed by atoms with Crippen molar-refractivity contribution in [2.45, 2.75) is 31.8 Å². The number of primary amides is 1. The minimum absolute atomic E-state index is 0.172. The van der Waals surface area contributed by atoms with Crippen LogP contribution in [0.2, 0.25) is 0 Å². The van der Waals surface area contributed by atoms with Crippen LogP contribution in [-0.4, -0.2) is 51.3 Å². The van der Waals surface area contributed by atoms with Crippen molar-refractivity contribution in [1.29, 1.82) is 0 Å². The Kier molecular flexibility index (Phi) is 5.62. The molecule has 2 heterocycles. The summed E-state index contributed by atoms with van der Waals surface area (Å²) in [6.45, 7) is 3.54. The van der Waals surface area contributed by atoms with E-state index in [1.807, 2.05) is 37.3 Å². The molecular formula is C18H24N6O2. The molecule has 138 valence electrons. The van der Waals surface area contributed by atoms with Crippen LogP contribution >= 0.6 is 0 Å². The summed E-state index contributed by atoms with van der Waals surface area (Å²) in [5, 5.41) is 11.5. The Bertz CT molecular complexity index is 754. The van der Waals surface area contributed by atoms with E-state index < -0.39 is 5.91 Å². The van der Waals surface area contributed by atoms with E-state index in [0.717, 1.165) is 31.5 Å². The van der Waals surface area contributed by atoms with E-state index >= 15 is 0 Å². The van der Waals surface area contributed by atoms with Gasteiger partial charge in [-0.1, -0.05) is 35.5 Å². The van der Waals surface area contributed by atoms with Gasteiger partial charge in [-0.05, 0) is 38.4 Å². The predicted octanol–water partition coefficient (Wildman–Crippen LogP) is 0.891. The minimum Gasteiger partial charge on any atom is -0.368 e. The zero-order valence-corrected chi connectivity index (χ0v) is 14.8. The Morgan fingerprint density at radius 3 is 2.65 bits per heavy atom. The number of nitrogens with zero attached hydrogens (tertiary/aromatic N) is 4. The van der Waals surface area contributed by atoms with Gasteiger partial charge in [0.25, 0.3) is 5.91 Å². The van der Waals surface area contributed by atoms with Crippen LogP contribution in [0, 0.1) is 0 Å². The van der Waals surface area contributed by atoms with E-state index in [4.69, 9.17) is 5.73 Å². The molecule has 0 saturated carbocycles. The fourth-order valence-corrected chi connectivity index (χ4v) is 3.24. The molecule has 1 fully saturated rings. The lowest BCUT2D eigenvalue weighted by Gasteiger charge is -2.27. The van der Waals surface area contributed by atoms with Crippen LogP contribution in [0.4, 0.5) is 0 Å². The predicted molar refractivity (Wildman–Crippen MR) is 96.3 cm³/mol. The summed E-state index contributed by atoms with van der Waals surface area (Å²) in [4.78, 5) is 25.9. The largest absolute Gasteiger partial charge is 0.368 e. The van der Waals surface area contributed by atoms with E-state index in [2.05, 4.69) is 15.6 Å². The molecular weight excluding hydrogens is 332 g/mol. The van der Waals surface area contributed by atoms with E-state index in [9.17, 15) is 9.59 Å². The molecule has 3 N–H and O–H groups in total. The van der Waals surface area contributed by atoms with Crippen molar-refractivity contribution in [3.05, 3.63) is 47.8 Å². The highest BCUT2D eigenvalue weighted by atomic mass is 16.2. The number of hydrogen-bond donors (Lipinski definition) is 2. The van der Waals surface area contributed by atoms with Gasteiger partial charge in [-0.3, -0.25) is 9.59 Å². The first-order chi connectivity index (χ1) is 12.6. The van der Waals surface area contributed by atoms with Crippen LogP contribution in [0.5, 0.6) is 0 Å². The number of nitrogens with one attached hydrogen (secondary N) is 1. The van der Waals surface area contributed by atoms with Gasteiger partial charge < -0.3 is 16.0 Å². The first kappa shape index (κ1) is 18.1. The van der Waals surface area contributed by atoms with Gasteiger partial charge in [0, 0.05) is 0 Å². The smallest absolute Gasteiger partial charge is 0.277 e. The third kappa shape index (κ3) is 4.08. The van der Waals surface area contributed by atoms with Crippen LogP contribution in [0.25, 0.3) is 0 Å². The second kappa shape index (κ2) is 8.09. The molecule has 1 atom stereocenters. The molecule has 1 saturated heterocycles. The van der Waals surface area contributed by atoms with E-state index in [1.165, 1.54) is 4.90 Å². The maximum Gasteiger partial charge on any atom is 0.277 e. The van der Waals surface area contributed by atoms with E-state index in [-0.39, 0.29) is 30.2 Å². The molecule has 1 aromatic carbocycles. The second-order valence-electron chi connectivity index (χ2n) is 6.55. The summed E-state index contributed by atoms with van der Waals surface area (Å²) in [6.07, 6.45) is 3.56. The van der Waals surface area contributed by atoms with Crippen molar-refractivity contribution in [2.75, 3.05) is 19.6 Å². The summed E-state index contributed by atoms with van der Waals surface area (Å²) >= 11 is 0. The van der Waals surface area contributed by atoms with Gasteiger partial charge in [0.2, 0.25) is 5.91 Å². The minimum atomic E-state index is -0.563. The standard InChI is InChI=1S/C18H24N6O2/c1-13(14-5-3-2-4-6-14)23(12-17(19)25)18(26)16-11-24(22-21-16)15-7-9-20-10-8-15/h2-6,11,13,15,20H,7-10,12H2,1H3,(H2,19,25)/t13-/m1/s1. The van der Waals surface area contributed by atoms with Gasteiger partial charge in [-0.15, -0.1) is 5.10 Å². The fraction of sp³-hybridized carbons (Fsp3) is 0.444. The Morgan fingerprint density at radius 1 is 1.31 bits per heavy atom. The van der Waals surface area contributed by atoms with Crippen LogP contribution in [0.3, 0.4) is 0 Å². The number of hydrogen-bond acceptors (Lipinski definition) is 5. The molecule has 2 aromatic rings. The Labute approximate surface area is 152 Å². The number of rotatable bonds is 6. The van der Waals surface area contributed by atoms with Gasteiger partial charge in [-0.2, -0.15) is 0 Å². The van der Waals surface area contributed by atoms with Gasteiger partial charge in [-0.25, -0.2) is 4.68 Å². The molecule has 1 aliphatic rings. The quantitative estimate of drug-likeness (QED) is 0.799. The van der Waals surface area contributed by atoms with Crippen LogP contribution in [0.15, 0.2) is 36.5 Å². The van der Waals surface area contributed by atoms with Gasteiger partial charge in [0.05, 0.1) is 18.3 Å². The molecule has 8 heteroatoms. The van der Waals surface area contributed by atoms with Gasteiger partial charge in [0.1, 0.15) is 6.54 Å². The maximum absolute atomic E-state index is 13.0. The molecule has 1 aromatic heterocycles. The highest BCUT2D eigenvalue weighted by molar-refractivity contribution is 5.94.